The Balaban J connectivity index is 2.55. The molecule has 0 saturated carbocycles. The van der Waals surface area contributed by atoms with Crippen LogP contribution >= 0.6 is 23.2 Å². The maximum atomic E-state index is 10.2. The lowest BCUT2D eigenvalue weighted by molar-refractivity contribution is 0.162. The van der Waals surface area contributed by atoms with Gasteiger partial charge in [0.25, 0.3) is 0 Å². The Kier molecular flexibility index (Phi) is 4.86. The van der Waals surface area contributed by atoms with Crippen molar-refractivity contribution in [3.63, 3.8) is 0 Å². The van der Waals surface area contributed by atoms with E-state index in [-0.39, 0.29) is 13.0 Å². The smallest absolute Gasteiger partial charge is 0.404 e. The molecule has 0 aliphatic carbocycles. The first kappa shape index (κ1) is 13.1. The van der Waals surface area contributed by atoms with E-state index >= 15 is 0 Å². The molecule has 16 heavy (non-hydrogen) atoms. The lowest BCUT2D eigenvalue weighted by atomic mass is 10.1. The van der Waals surface area contributed by atoms with Crippen molar-refractivity contribution in [3.05, 3.63) is 33.8 Å². The zero-order valence-corrected chi connectivity index (χ0v) is 9.79. The number of amides is 1. The third-order valence-electron chi connectivity index (χ3n) is 2.02. The van der Waals surface area contributed by atoms with Crippen molar-refractivity contribution in [1.29, 1.82) is 0 Å². The van der Waals surface area contributed by atoms with Crippen LogP contribution in [0, 0.1) is 0 Å². The van der Waals surface area contributed by atoms with Crippen LogP contribution < -0.4 is 5.32 Å². The highest BCUT2D eigenvalue weighted by atomic mass is 35.5. The standard InChI is InChI=1S/C10H11Cl2NO3/c11-7-2-1-6(5-8(7)12)9(14)3-4-13-10(15)16/h1-2,5,9,13-14H,3-4H2,(H,15,16). The van der Waals surface area contributed by atoms with Gasteiger partial charge in [0.1, 0.15) is 0 Å². The van der Waals surface area contributed by atoms with Gasteiger partial charge in [-0.2, -0.15) is 0 Å². The lowest BCUT2D eigenvalue weighted by Crippen LogP contribution is -2.23. The van der Waals surface area contributed by atoms with Gasteiger partial charge in [0.15, 0.2) is 0 Å². The second kappa shape index (κ2) is 5.94. The van der Waals surface area contributed by atoms with Gasteiger partial charge in [-0.15, -0.1) is 0 Å². The van der Waals surface area contributed by atoms with Gasteiger partial charge in [0.2, 0.25) is 0 Å². The number of rotatable bonds is 4. The van der Waals surface area contributed by atoms with Crippen LogP contribution in [0.2, 0.25) is 10.0 Å². The van der Waals surface area contributed by atoms with E-state index in [9.17, 15) is 9.90 Å². The molecule has 1 rings (SSSR count). The Morgan fingerprint density at radius 1 is 1.38 bits per heavy atom. The molecule has 1 amide bonds. The van der Waals surface area contributed by atoms with Crippen molar-refractivity contribution >= 4 is 29.3 Å². The quantitative estimate of drug-likeness (QED) is 0.783. The molecule has 0 heterocycles. The monoisotopic (exact) mass is 263 g/mol. The van der Waals surface area contributed by atoms with Crippen molar-refractivity contribution in [2.45, 2.75) is 12.5 Å². The maximum Gasteiger partial charge on any atom is 0.404 e. The van der Waals surface area contributed by atoms with Crippen molar-refractivity contribution in [1.82, 2.24) is 5.32 Å². The van der Waals surface area contributed by atoms with E-state index in [1.54, 1.807) is 18.2 Å². The van der Waals surface area contributed by atoms with E-state index in [0.717, 1.165) is 0 Å². The van der Waals surface area contributed by atoms with Crippen LogP contribution in [0.5, 0.6) is 0 Å². The van der Waals surface area contributed by atoms with Crippen LogP contribution in [0.1, 0.15) is 18.1 Å². The number of aliphatic hydroxyl groups excluding tert-OH is 1. The summed E-state index contributed by atoms with van der Waals surface area (Å²) in [6.45, 7) is 0.177. The fraction of sp³-hybridized carbons (Fsp3) is 0.300. The molecule has 6 heteroatoms. The van der Waals surface area contributed by atoms with Crippen LogP contribution in [0.25, 0.3) is 0 Å². The Hall–Kier alpha value is -0.970. The summed E-state index contributed by atoms with van der Waals surface area (Å²) in [4.78, 5) is 10.2. The molecule has 1 atom stereocenters. The summed E-state index contributed by atoms with van der Waals surface area (Å²) in [5, 5.41) is 21.0. The molecule has 88 valence electrons. The topological polar surface area (TPSA) is 69.6 Å². The molecule has 1 aromatic carbocycles. The van der Waals surface area contributed by atoms with Gasteiger partial charge >= 0.3 is 6.09 Å². The third kappa shape index (κ3) is 3.89. The van der Waals surface area contributed by atoms with Crippen molar-refractivity contribution in [2.75, 3.05) is 6.54 Å². The first-order valence-corrected chi connectivity index (χ1v) is 5.36. The Morgan fingerprint density at radius 3 is 2.62 bits per heavy atom. The number of nitrogens with one attached hydrogen (secondary N) is 1. The SMILES string of the molecule is O=C(O)NCCC(O)c1ccc(Cl)c(Cl)c1. The number of carbonyl (C=O) groups is 1. The van der Waals surface area contributed by atoms with E-state index in [2.05, 4.69) is 5.32 Å². The minimum absolute atomic E-state index is 0.177. The van der Waals surface area contributed by atoms with Crippen LogP contribution in [0.4, 0.5) is 4.79 Å². The average molecular weight is 264 g/mol. The molecule has 0 fully saturated rings. The summed E-state index contributed by atoms with van der Waals surface area (Å²) >= 11 is 11.5. The normalized spacial score (nSPS) is 12.2. The number of carboxylic acid groups (broad SMARTS) is 1. The molecule has 1 aromatic rings. The Bertz CT molecular complexity index is 384. The molecule has 0 radical (unpaired) electrons. The molecule has 0 aliphatic rings. The van der Waals surface area contributed by atoms with Gasteiger partial charge in [-0.3, -0.25) is 0 Å². The van der Waals surface area contributed by atoms with Gasteiger partial charge < -0.3 is 15.5 Å². The van der Waals surface area contributed by atoms with Crippen LogP contribution in [0.3, 0.4) is 0 Å². The summed E-state index contributed by atoms with van der Waals surface area (Å²) in [5.41, 5.74) is 0.613. The summed E-state index contributed by atoms with van der Waals surface area (Å²) in [5.74, 6) is 0. The Morgan fingerprint density at radius 2 is 2.06 bits per heavy atom. The number of aliphatic hydroxyl groups is 1. The first-order chi connectivity index (χ1) is 7.50. The number of halogens is 2. The molecule has 4 nitrogen and oxygen atoms in total. The molecule has 0 aromatic heterocycles. The minimum Gasteiger partial charge on any atom is -0.465 e. The second-order valence-electron chi connectivity index (χ2n) is 3.21. The van der Waals surface area contributed by atoms with E-state index < -0.39 is 12.2 Å². The molecule has 0 spiro atoms. The second-order valence-corrected chi connectivity index (χ2v) is 4.02. The van der Waals surface area contributed by atoms with Gasteiger partial charge in [-0.05, 0) is 24.1 Å². The van der Waals surface area contributed by atoms with Gasteiger partial charge in [0, 0.05) is 6.54 Å². The van der Waals surface area contributed by atoms with Crippen LogP contribution in [-0.2, 0) is 0 Å². The van der Waals surface area contributed by atoms with E-state index in [1.807, 2.05) is 0 Å². The summed E-state index contributed by atoms with van der Waals surface area (Å²) in [7, 11) is 0. The number of hydrogen-bond acceptors (Lipinski definition) is 2. The van der Waals surface area contributed by atoms with Gasteiger partial charge in [0.05, 0.1) is 16.1 Å². The molecule has 0 aliphatic heterocycles. The third-order valence-corrected chi connectivity index (χ3v) is 2.76. The fourth-order valence-corrected chi connectivity index (χ4v) is 1.51. The van der Waals surface area contributed by atoms with Crippen molar-refractivity contribution in [2.24, 2.45) is 0 Å². The zero-order valence-electron chi connectivity index (χ0n) is 8.28. The molecular formula is C10H11Cl2NO3. The van der Waals surface area contributed by atoms with E-state index in [1.165, 1.54) is 0 Å². The van der Waals surface area contributed by atoms with Gasteiger partial charge in [-0.25, -0.2) is 4.79 Å². The minimum atomic E-state index is -1.11. The highest BCUT2D eigenvalue weighted by Crippen LogP contribution is 2.26. The number of benzene rings is 1. The molecule has 0 saturated heterocycles. The average Bonchev–Trinajstić information content (AvgIpc) is 2.21. The Labute approximate surface area is 103 Å². The largest absolute Gasteiger partial charge is 0.465 e. The predicted molar refractivity (Wildman–Crippen MR) is 62.1 cm³/mol. The summed E-state index contributed by atoms with van der Waals surface area (Å²) in [6.07, 6.45) is -1.59. The zero-order chi connectivity index (χ0) is 12.1. The summed E-state index contributed by atoms with van der Waals surface area (Å²) < 4.78 is 0. The molecule has 1 unspecified atom stereocenters. The van der Waals surface area contributed by atoms with Crippen molar-refractivity contribution < 1.29 is 15.0 Å². The van der Waals surface area contributed by atoms with Crippen LogP contribution in [-0.4, -0.2) is 22.9 Å². The first-order valence-electron chi connectivity index (χ1n) is 4.60. The lowest BCUT2D eigenvalue weighted by Gasteiger charge is -2.11. The number of hydrogen-bond donors (Lipinski definition) is 3. The predicted octanol–water partition coefficient (Wildman–Crippen LogP) is 2.68. The van der Waals surface area contributed by atoms with Crippen molar-refractivity contribution in [3.8, 4) is 0 Å². The fourth-order valence-electron chi connectivity index (χ4n) is 1.20. The highest BCUT2D eigenvalue weighted by Gasteiger charge is 2.09. The maximum absolute atomic E-state index is 10.2. The summed E-state index contributed by atoms with van der Waals surface area (Å²) in [6, 6.07) is 4.81. The molecular weight excluding hydrogens is 253 g/mol. The highest BCUT2D eigenvalue weighted by molar-refractivity contribution is 6.42. The van der Waals surface area contributed by atoms with E-state index in [0.29, 0.717) is 15.6 Å². The molecule has 3 N–H and O–H groups in total. The van der Waals surface area contributed by atoms with Gasteiger partial charge in [-0.1, -0.05) is 29.3 Å². The molecule has 0 bridgehead atoms. The van der Waals surface area contributed by atoms with E-state index in [4.69, 9.17) is 28.3 Å². The van der Waals surface area contributed by atoms with Crippen LogP contribution in [0.15, 0.2) is 18.2 Å².